The van der Waals surface area contributed by atoms with E-state index in [9.17, 15) is 9.18 Å². The lowest BCUT2D eigenvalue weighted by Gasteiger charge is -2.28. The van der Waals surface area contributed by atoms with E-state index in [2.05, 4.69) is 15.5 Å². The number of methoxy groups -OCH3 is 1. The van der Waals surface area contributed by atoms with Gasteiger partial charge in [0.1, 0.15) is 17.4 Å². The summed E-state index contributed by atoms with van der Waals surface area (Å²) in [5.41, 5.74) is 1.34. The van der Waals surface area contributed by atoms with Gasteiger partial charge in [0.25, 0.3) is 5.56 Å². The van der Waals surface area contributed by atoms with Crippen molar-refractivity contribution in [3.63, 3.8) is 0 Å². The number of fused-ring (bicyclic) bond motifs is 1. The average Bonchev–Trinajstić information content (AvgIpc) is 2.79. The van der Waals surface area contributed by atoms with Crippen molar-refractivity contribution in [3.05, 3.63) is 58.4 Å². The molecule has 1 aliphatic heterocycles. The fourth-order valence-corrected chi connectivity index (χ4v) is 3.80. The smallest absolute Gasteiger partial charge is 0.266 e. The Labute approximate surface area is 179 Å². The molecule has 0 atom stereocenters. The molecule has 1 saturated heterocycles. The van der Waals surface area contributed by atoms with Crippen LogP contribution in [0.1, 0.15) is 5.82 Å². The third kappa shape index (κ3) is 4.53. The lowest BCUT2D eigenvalue weighted by Crippen LogP contribution is -2.44. The van der Waals surface area contributed by atoms with Gasteiger partial charge in [0.2, 0.25) is 0 Å². The van der Waals surface area contributed by atoms with E-state index in [1.807, 2.05) is 6.07 Å². The van der Waals surface area contributed by atoms with E-state index in [-0.39, 0.29) is 17.6 Å². The zero-order chi connectivity index (χ0) is 21.8. The van der Waals surface area contributed by atoms with Crippen molar-refractivity contribution in [3.8, 4) is 11.4 Å². The summed E-state index contributed by atoms with van der Waals surface area (Å²) in [6.45, 7) is 4.24. The number of rotatable bonds is 7. The normalized spacial score (nSPS) is 14.7. The lowest BCUT2D eigenvalue weighted by molar-refractivity contribution is 0.226. The van der Waals surface area contributed by atoms with Gasteiger partial charge in [-0.25, -0.2) is 9.37 Å². The number of benzene rings is 2. The number of aromatic nitrogens is 2. The summed E-state index contributed by atoms with van der Waals surface area (Å²) in [6, 6.07) is 9.42. The summed E-state index contributed by atoms with van der Waals surface area (Å²) < 4.78 is 21.0. The van der Waals surface area contributed by atoms with Gasteiger partial charge in [0.15, 0.2) is 0 Å². The molecule has 0 radical (unpaired) electrons. The average molecular weight is 427 g/mol. The summed E-state index contributed by atoms with van der Waals surface area (Å²) in [5, 5.41) is 15.8. The van der Waals surface area contributed by atoms with Crippen molar-refractivity contribution in [2.24, 2.45) is 0 Å². The Morgan fingerprint density at radius 2 is 2.03 bits per heavy atom. The van der Waals surface area contributed by atoms with E-state index in [0.29, 0.717) is 35.9 Å². The number of nitrogens with one attached hydrogen (secondary N) is 2. The second-order valence-electron chi connectivity index (χ2n) is 7.39. The Kier molecular flexibility index (Phi) is 6.45. The van der Waals surface area contributed by atoms with Gasteiger partial charge in [0.05, 0.1) is 36.9 Å². The molecule has 1 aliphatic rings. The molecular formula is C22H26FN5O3. The predicted molar refractivity (Wildman–Crippen MR) is 118 cm³/mol. The van der Waals surface area contributed by atoms with Gasteiger partial charge in [-0.05, 0) is 36.4 Å². The summed E-state index contributed by atoms with van der Waals surface area (Å²) in [5.74, 6) is 0.567. The number of aliphatic hydroxyl groups excluding tert-OH is 1. The fourth-order valence-electron chi connectivity index (χ4n) is 3.80. The molecule has 0 aliphatic carbocycles. The van der Waals surface area contributed by atoms with Crippen molar-refractivity contribution in [1.29, 1.82) is 0 Å². The zero-order valence-corrected chi connectivity index (χ0v) is 17.4. The topological polar surface area (TPSA) is 91.7 Å². The van der Waals surface area contributed by atoms with Crippen molar-refractivity contribution in [2.45, 2.75) is 6.54 Å². The first kappa shape index (κ1) is 21.2. The number of hydrogen-bond donors (Lipinski definition) is 3. The minimum atomic E-state index is -0.488. The molecule has 3 N–H and O–H groups in total. The number of hydrogen-bond acceptors (Lipinski definition) is 7. The van der Waals surface area contributed by atoms with Crippen LogP contribution < -0.4 is 20.9 Å². The molecule has 0 saturated carbocycles. The fraction of sp³-hybridized carbons (Fsp3) is 0.364. The van der Waals surface area contributed by atoms with Gasteiger partial charge in [-0.1, -0.05) is 0 Å². The van der Waals surface area contributed by atoms with Crippen LogP contribution >= 0.6 is 0 Å². The maximum Gasteiger partial charge on any atom is 0.266 e. The molecule has 3 aromatic rings. The number of halogens is 1. The summed E-state index contributed by atoms with van der Waals surface area (Å²) in [6.07, 6.45) is 0. The summed E-state index contributed by atoms with van der Waals surface area (Å²) in [7, 11) is 1.54. The van der Waals surface area contributed by atoms with Crippen molar-refractivity contribution >= 4 is 16.6 Å². The van der Waals surface area contributed by atoms with Crippen molar-refractivity contribution < 1.29 is 14.2 Å². The van der Waals surface area contributed by atoms with Crippen LogP contribution in [0, 0.1) is 5.82 Å². The Morgan fingerprint density at radius 1 is 1.23 bits per heavy atom. The second kappa shape index (κ2) is 9.42. The van der Waals surface area contributed by atoms with Crippen LogP contribution in [0.5, 0.6) is 5.75 Å². The van der Waals surface area contributed by atoms with Crippen LogP contribution in [0.25, 0.3) is 16.6 Å². The minimum Gasteiger partial charge on any atom is -0.495 e. The van der Waals surface area contributed by atoms with E-state index in [1.54, 1.807) is 12.1 Å². The van der Waals surface area contributed by atoms with Gasteiger partial charge in [-0.3, -0.25) is 14.3 Å². The molecule has 0 spiro atoms. The molecule has 31 heavy (non-hydrogen) atoms. The van der Waals surface area contributed by atoms with E-state index < -0.39 is 5.82 Å². The Bertz CT molecular complexity index is 1130. The number of aliphatic hydroxyl groups is 1. The van der Waals surface area contributed by atoms with E-state index in [4.69, 9.17) is 14.8 Å². The van der Waals surface area contributed by atoms with Crippen LogP contribution in [0.3, 0.4) is 0 Å². The SMILES string of the molecule is COc1ccc(NCCO)cc1-n1c(CN2CCNCC2)nc2ccc(F)cc2c1=O. The highest BCUT2D eigenvalue weighted by Gasteiger charge is 2.20. The number of ether oxygens (including phenoxy) is 1. The molecule has 1 fully saturated rings. The molecule has 2 heterocycles. The van der Waals surface area contributed by atoms with E-state index >= 15 is 0 Å². The van der Waals surface area contributed by atoms with E-state index in [1.165, 1.54) is 29.9 Å². The van der Waals surface area contributed by atoms with Gasteiger partial charge < -0.3 is 20.5 Å². The Morgan fingerprint density at radius 3 is 2.77 bits per heavy atom. The first-order valence-corrected chi connectivity index (χ1v) is 10.3. The standard InChI is InChI=1S/C22H26FN5O3/c1-31-20-5-3-16(25-8-11-29)13-19(20)28-21(14-27-9-6-24-7-10-27)26-18-4-2-15(23)12-17(18)22(28)30/h2-5,12-13,24-25,29H,6-11,14H2,1H3. The number of anilines is 1. The van der Waals surface area contributed by atoms with Crippen LogP contribution in [0.2, 0.25) is 0 Å². The van der Waals surface area contributed by atoms with Crippen molar-refractivity contribution in [1.82, 2.24) is 19.8 Å². The van der Waals surface area contributed by atoms with Gasteiger partial charge in [-0.2, -0.15) is 0 Å². The molecule has 0 amide bonds. The molecule has 1 aromatic heterocycles. The molecule has 8 nitrogen and oxygen atoms in total. The van der Waals surface area contributed by atoms with Crippen LogP contribution in [-0.4, -0.2) is 66.0 Å². The van der Waals surface area contributed by atoms with Crippen LogP contribution in [0.4, 0.5) is 10.1 Å². The maximum absolute atomic E-state index is 13.9. The summed E-state index contributed by atoms with van der Waals surface area (Å²) >= 11 is 0. The Balaban J connectivity index is 1.91. The lowest BCUT2D eigenvalue weighted by atomic mass is 10.2. The predicted octanol–water partition coefficient (Wildman–Crippen LogP) is 1.34. The third-order valence-corrected chi connectivity index (χ3v) is 5.34. The monoisotopic (exact) mass is 427 g/mol. The molecule has 0 unspecified atom stereocenters. The first-order chi connectivity index (χ1) is 15.1. The maximum atomic E-state index is 13.9. The highest BCUT2D eigenvalue weighted by molar-refractivity contribution is 5.78. The molecule has 2 aromatic carbocycles. The molecule has 0 bridgehead atoms. The third-order valence-electron chi connectivity index (χ3n) is 5.34. The highest BCUT2D eigenvalue weighted by atomic mass is 19.1. The number of piperazine rings is 1. The molecule has 4 rings (SSSR count). The second-order valence-corrected chi connectivity index (χ2v) is 7.39. The number of nitrogens with zero attached hydrogens (tertiary/aromatic N) is 3. The summed E-state index contributed by atoms with van der Waals surface area (Å²) in [4.78, 5) is 20.5. The van der Waals surface area contributed by atoms with E-state index in [0.717, 1.165) is 31.9 Å². The minimum absolute atomic E-state index is 0.0215. The van der Waals surface area contributed by atoms with Gasteiger partial charge in [-0.15, -0.1) is 0 Å². The Hall–Kier alpha value is -3.01. The molecule has 9 heteroatoms. The van der Waals surface area contributed by atoms with Crippen molar-refractivity contribution in [2.75, 3.05) is 51.8 Å². The largest absolute Gasteiger partial charge is 0.495 e. The first-order valence-electron chi connectivity index (χ1n) is 10.3. The molecular weight excluding hydrogens is 401 g/mol. The quantitative estimate of drug-likeness (QED) is 0.524. The zero-order valence-electron chi connectivity index (χ0n) is 17.4. The van der Waals surface area contributed by atoms with Crippen LogP contribution in [0.15, 0.2) is 41.2 Å². The van der Waals surface area contributed by atoms with Crippen LogP contribution in [-0.2, 0) is 6.54 Å². The highest BCUT2D eigenvalue weighted by Crippen LogP contribution is 2.27. The van der Waals surface area contributed by atoms with Gasteiger partial charge >= 0.3 is 0 Å². The molecule has 164 valence electrons. The van der Waals surface area contributed by atoms with Gasteiger partial charge in [0, 0.05) is 38.4 Å².